The summed E-state index contributed by atoms with van der Waals surface area (Å²) in [6, 6.07) is 6.81. The van der Waals surface area contributed by atoms with Gasteiger partial charge in [0.2, 0.25) is 5.91 Å². The van der Waals surface area contributed by atoms with Gasteiger partial charge < -0.3 is 10.0 Å². The summed E-state index contributed by atoms with van der Waals surface area (Å²) in [7, 11) is 0. The molecule has 0 aromatic heterocycles. The number of aliphatic hydroxyl groups excluding tert-OH is 1. The van der Waals surface area contributed by atoms with Crippen LogP contribution in [0.4, 0.5) is 5.69 Å². The highest BCUT2D eigenvalue weighted by molar-refractivity contribution is 6.33. The molecule has 1 aromatic carbocycles. The van der Waals surface area contributed by atoms with Crippen molar-refractivity contribution < 1.29 is 9.90 Å². The van der Waals surface area contributed by atoms with Crippen molar-refractivity contribution in [2.75, 3.05) is 18.1 Å². The Morgan fingerprint density at radius 2 is 2.24 bits per heavy atom. The van der Waals surface area contributed by atoms with Crippen LogP contribution in [0.1, 0.15) is 6.92 Å². The van der Waals surface area contributed by atoms with E-state index in [9.17, 15) is 9.90 Å². The summed E-state index contributed by atoms with van der Waals surface area (Å²) in [5, 5.41) is 12.8. The van der Waals surface area contributed by atoms with Gasteiger partial charge in [0.15, 0.2) is 0 Å². The molecule has 1 aliphatic heterocycles. The molecule has 0 radical (unpaired) electrons. The van der Waals surface area contributed by atoms with Crippen molar-refractivity contribution in [1.82, 2.24) is 5.32 Å². The first-order chi connectivity index (χ1) is 8.13. The molecule has 1 fully saturated rings. The Kier molecular flexibility index (Phi) is 3.66. The van der Waals surface area contributed by atoms with E-state index in [0.717, 1.165) is 0 Å². The molecule has 17 heavy (non-hydrogen) atoms. The summed E-state index contributed by atoms with van der Waals surface area (Å²) in [4.78, 5) is 13.7. The largest absolute Gasteiger partial charge is 0.394 e. The molecule has 92 valence electrons. The van der Waals surface area contributed by atoms with Crippen LogP contribution in [0.15, 0.2) is 24.3 Å². The van der Waals surface area contributed by atoms with Crippen LogP contribution in [0.5, 0.6) is 0 Å². The zero-order valence-electron chi connectivity index (χ0n) is 9.56. The lowest BCUT2D eigenvalue weighted by Gasteiger charge is -2.36. The van der Waals surface area contributed by atoms with Crippen LogP contribution >= 0.6 is 11.6 Å². The van der Waals surface area contributed by atoms with Crippen LogP contribution in [0.2, 0.25) is 5.02 Å². The number of carbonyl (C=O) groups excluding carboxylic acids is 1. The normalized spacial score (nSPS) is 25.1. The summed E-state index contributed by atoms with van der Waals surface area (Å²) in [5.41, 5.74) is 0.700. The highest BCUT2D eigenvalue weighted by atomic mass is 35.5. The summed E-state index contributed by atoms with van der Waals surface area (Å²) >= 11 is 6.08. The van der Waals surface area contributed by atoms with Crippen LogP contribution < -0.4 is 10.2 Å². The molecule has 2 atom stereocenters. The number of aliphatic hydroxyl groups is 1. The molecule has 2 rings (SSSR count). The van der Waals surface area contributed by atoms with E-state index >= 15 is 0 Å². The molecule has 1 amide bonds. The fourth-order valence-electron chi connectivity index (χ4n) is 2.04. The van der Waals surface area contributed by atoms with Gasteiger partial charge in [0.25, 0.3) is 0 Å². The van der Waals surface area contributed by atoms with Crippen LogP contribution in [-0.4, -0.2) is 36.2 Å². The summed E-state index contributed by atoms with van der Waals surface area (Å²) in [5.74, 6) is -0.140. The number of rotatable bonds is 2. The molecule has 0 bridgehead atoms. The van der Waals surface area contributed by atoms with Crippen LogP contribution in [0, 0.1) is 0 Å². The summed E-state index contributed by atoms with van der Waals surface area (Å²) in [6.45, 7) is 2.32. The van der Waals surface area contributed by atoms with Crippen molar-refractivity contribution in [3.05, 3.63) is 29.3 Å². The second-order valence-electron chi connectivity index (χ2n) is 4.20. The van der Waals surface area contributed by atoms with Gasteiger partial charge in [-0.05, 0) is 19.1 Å². The van der Waals surface area contributed by atoms with Crippen molar-refractivity contribution >= 4 is 23.2 Å². The lowest BCUT2D eigenvalue weighted by Crippen LogP contribution is -2.60. The highest BCUT2D eigenvalue weighted by Crippen LogP contribution is 2.27. The Bertz CT molecular complexity index is 425. The summed E-state index contributed by atoms with van der Waals surface area (Å²) < 4.78 is 0. The number of carbonyl (C=O) groups is 1. The average molecular weight is 255 g/mol. The van der Waals surface area contributed by atoms with Gasteiger partial charge in [0.05, 0.1) is 17.3 Å². The van der Waals surface area contributed by atoms with Crippen LogP contribution in [-0.2, 0) is 4.79 Å². The van der Waals surface area contributed by atoms with E-state index in [1.54, 1.807) is 11.0 Å². The maximum Gasteiger partial charge on any atom is 0.246 e. The SMILES string of the molecule is CC1CN(c2ccccc2Cl)C(=O)C(CO)N1. The summed E-state index contributed by atoms with van der Waals surface area (Å²) in [6.07, 6.45) is 0. The second kappa shape index (κ2) is 5.04. The van der Waals surface area contributed by atoms with Crippen molar-refractivity contribution in [2.45, 2.75) is 19.0 Å². The van der Waals surface area contributed by atoms with Crippen molar-refractivity contribution in [3.8, 4) is 0 Å². The molecule has 4 nitrogen and oxygen atoms in total. The predicted molar refractivity (Wildman–Crippen MR) is 67.3 cm³/mol. The number of halogens is 1. The third kappa shape index (κ3) is 2.44. The number of benzene rings is 1. The molecule has 0 spiro atoms. The van der Waals surface area contributed by atoms with Crippen molar-refractivity contribution in [1.29, 1.82) is 0 Å². The highest BCUT2D eigenvalue weighted by Gasteiger charge is 2.32. The van der Waals surface area contributed by atoms with E-state index < -0.39 is 6.04 Å². The standard InChI is InChI=1S/C12H15ClN2O2/c1-8-6-15(12(17)10(7-16)14-8)11-5-3-2-4-9(11)13/h2-5,8,10,14,16H,6-7H2,1H3. The van der Waals surface area contributed by atoms with E-state index in [2.05, 4.69) is 5.32 Å². The van der Waals surface area contributed by atoms with E-state index in [-0.39, 0.29) is 18.6 Å². The van der Waals surface area contributed by atoms with Crippen LogP contribution in [0.3, 0.4) is 0 Å². The Morgan fingerprint density at radius 3 is 2.88 bits per heavy atom. The predicted octanol–water partition coefficient (Wildman–Crippen LogP) is 1.03. The zero-order chi connectivity index (χ0) is 12.4. The number of para-hydroxylation sites is 1. The van der Waals surface area contributed by atoms with E-state index in [0.29, 0.717) is 17.3 Å². The first-order valence-corrected chi connectivity index (χ1v) is 5.94. The van der Waals surface area contributed by atoms with Gasteiger partial charge >= 0.3 is 0 Å². The molecule has 0 aliphatic carbocycles. The fourth-order valence-corrected chi connectivity index (χ4v) is 2.28. The molecule has 2 unspecified atom stereocenters. The Labute approximate surface area is 105 Å². The maximum atomic E-state index is 12.1. The quantitative estimate of drug-likeness (QED) is 0.829. The fraction of sp³-hybridized carbons (Fsp3) is 0.417. The number of nitrogens with zero attached hydrogens (tertiary/aromatic N) is 1. The number of nitrogens with one attached hydrogen (secondary N) is 1. The first-order valence-electron chi connectivity index (χ1n) is 5.56. The van der Waals surface area contributed by atoms with Gasteiger partial charge in [-0.2, -0.15) is 0 Å². The molecular formula is C12H15ClN2O2. The molecule has 5 heteroatoms. The smallest absolute Gasteiger partial charge is 0.246 e. The molecule has 0 saturated carbocycles. The Hall–Kier alpha value is -1.10. The maximum absolute atomic E-state index is 12.1. The van der Waals surface area contributed by atoms with Gasteiger partial charge in [-0.3, -0.25) is 10.1 Å². The van der Waals surface area contributed by atoms with Gasteiger partial charge in [0.1, 0.15) is 6.04 Å². The lowest BCUT2D eigenvalue weighted by atomic mass is 10.1. The molecule has 1 heterocycles. The lowest BCUT2D eigenvalue weighted by molar-refractivity contribution is -0.123. The third-order valence-corrected chi connectivity index (χ3v) is 3.15. The molecule has 1 saturated heterocycles. The van der Waals surface area contributed by atoms with Gasteiger partial charge in [-0.15, -0.1) is 0 Å². The first kappa shape index (κ1) is 12.4. The van der Waals surface area contributed by atoms with Crippen molar-refractivity contribution in [2.24, 2.45) is 0 Å². The Morgan fingerprint density at radius 1 is 1.53 bits per heavy atom. The minimum Gasteiger partial charge on any atom is -0.394 e. The van der Waals surface area contributed by atoms with Crippen LogP contribution in [0.25, 0.3) is 0 Å². The number of hydrogen-bond donors (Lipinski definition) is 2. The third-order valence-electron chi connectivity index (χ3n) is 2.83. The second-order valence-corrected chi connectivity index (χ2v) is 4.61. The number of amides is 1. The number of hydrogen-bond acceptors (Lipinski definition) is 3. The van der Waals surface area contributed by atoms with Gasteiger partial charge in [-0.1, -0.05) is 23.7 Å². The molecule has 1 aliphatic rings. The Balaban J connectivity index is 2.31. The van der Waals surface area contributed by atoms with Crippen molar-refractivity contribution in [3.63, 3.8) is 0 Å². The van der Waals surface area contributed by atoms with E-state index in [1.165, 1.54) is 0 Å². The number of anilines is 1. The van der Waals surface area contributed by atoms with Gasteiger partial charge in [0, 0.05) is 12.6 Å². The monoisotopic (exact) mass is 254 g/mol. The number of piperazine rings is 1. The molecular weight excluding hydrogens is 240 g/mol. The van der Waals surface area contributed by atoms with E-state index in [1.807, 2.05) is 25.1 Å². The van der Waals surface area contributed by atoms with Gasteiger partial charge in [-0.25, -0.2) is 0 Å². The average Bonchev–Trinajstić information content (AvgIpc) is 2.32. The minimum absolute atomic E-state index is 0.126. The minimum atomic E-state index is -0.546. The van der Waals surface area contributed by atoms with E-state index in [4.69, 9.17) is 11.6 Å². The molecule has 1 aromatic rings. The topological polar surface area (TPSA) is 52.6 Å². The zero-order valence-corrected chi connectivity index (χ0v) is 10.3. The molecule has 2 N–H and O–H groups in total.